The van der Waals surface area contributed by atoms with E-state index in [1.807, 2.05) is 12.1 Å². The summed E-state index contributed by atoms with van der Waals surface area (Å²) in [5.74, 6) is -0.280. The van der Waals surface area contributed by atoms with Crippen LogP contribution in [0.5, 0.6) is 0 Å². The van der Waals surface area contributed by atoms with Crippen molar-refractivity contribution in [1.29, 1.82) is 0 Å². The van der Waals surface area contributed by atoms with Crippen LogP contribution in [0.15, 0.2) is 18.2 Å². The van der Waals surface area contributed by atoms with Crippen molar-refractivity contribution in [2.75, 3.05) is 20.2 Å². The first kappa shape index (κ1) is 15.9. The van der Waals surface area contributed by atoms with Crippen LogP contribution in [-0.4, -0.2) is 26.2 Å². The predicted molar refractivity (Wildman–Crippen MR) is 74.2 cm³/mol. The lowest BCUT2D eigenvalue weighted by Crippen LogP contribution is -2.26. The highest BCUT2D eigenvalue weighted by Crippen LogP contribution is 2.26. The van der Waals surface area contributed by atoms with E-state index in [0.29, 0.717) is 11.5 Å². The summed E-state index contributed by atoms with van der Waals surface area (Å²) in [7, 11) is 1.32. The average molecular weight is 288 g/mol. The predicted octanol–water partition coefficient (Wildman–Crippen LogP) is 2.43. The highest BCUT2D eigenvalue weighted by atomic mass is 35.5. The van der Waals surface area contributed by atoms with Gasteiger partial charge in [-0.1, -0.05) is 12.1 Å². The van der Waals surface area contributed by atoms with Crippen LogP contribution < -0.4 is 5.32 Å². The number of ether oxygens (including phenoxy) is 1. The molecule has 0 amide bonds. The fourth-order valence-corrected chi connectivity index (χ4v) is 2.37. The van der Waals surface area contributed by atoms with Crippen LogP contribution in [-0.2, 0) is 16.0 Å². The molecule has 0 aromatic heterocycles. The van der Waals surface area contributed by atoms with Gasteiger partial charge in [-0.2, -0.15) is 0 Å². The molecule has 0 spiro atoms. The fourth-order valence-electron chi connectivity index (χ4n) is 2.37. The Hall–Kier alpha value is -1.13. The van der Waals surface area contributed by atoms with Crippen molar-refractivity contribution in [2.45, 2.75) is 25.2 Å². The van der Waals surface area contributed by atoms with Gasteiger partial charge in [0, 0.05) is 0 Å². The summed E-state index contributed by atoms with van der Waals surface area (Å²) in [6, 6.07) is 5.09. The Morgan fingerprint density at radius 2 is 2.11 bits per heavy atom. The minimum absolute atomic E-state index is 0. The first-order valence-electron chi connectivity index (χ1n) is 6.26. The SMILES string of the molecule is COC(=O)Cc1cc(C2CCNCC2)ccc1F.Cl. The van der Waals surface area contributed by atoms with Gasteiger partial charge in [0.25, 0.3) is 0 Å². The van der Waals surface area contributed by atoms with Gasteiger partial charge in [-0.3, -0.25) is 4.79 Å². The van der Waals surface area contributed by atoms with Crippen molar-refractivity contribution in [2.24, 2.45) is 0 Å². The number of esters is 1. The van der Waals surface area contributed by atoms with Crippen molar-refractivity contribution in [3.8, 4) is 0 Å². The number of halogens is 2. The van der Waals surface area contributed by atoms with Gasteiger partial charge < -0.3 is 10.1 Å². The van der Waals surface area contributed by atoms with E-state index in [1.54, 1.807) is 0 Å². The molecule has 19 heavy (non-hydrogen) atoms. The summed E-state index contributed by atoms with van der Waals surface area (Å²) in [6.45, 7) is 1.99. The number of rotatable bonds is 3. The third kappa shape index (κ3) is 4.18. The summed E-state index contributed by atoms with van der Waals surface area (Å²) in [5, 5.41) is 3.30. The minimum Gasteiger partial charge on any atom is -0.469 e. The molecule has 0 aliphatic carbocycles. The van der Waals surface area contributed by atoms with Crippen molar-refractivity contribution < 1.29 is 13.9 Å². The second kappa shape index (κ2) is 7.46. The zero-order valence-corrected chi connectivity index (χ0v) is 11.8. The number of methoxy groups -OCH3 is 1. The molecule has 0 atom stereocenters. The van der Waals surface area contributed by atoms with E-state index in [4.69, 9.17) is 0 Å². The molecule has 106 valence electrons. The molecule has 0 saturated carbocycles. The molecule has 0 radical (unpaired) electrons. The van der Waals surface area contributed by atoms with Crippen LogP contribution in [0.1, 0.15) is 29.9 Å². The summed E-state index contributed by atoms with van der Waals surface area (Å²) in [6.07, 6.45) is 2.12. The average Bonchev–Trinajstić information content (AvgIpc) is 2.42. The number of hydrogen-bond donors (Lipinski definition) is 1. The van der Waals surface area contributed by atoms with Gasteiger partial charge in [0.1, 0.15) is 5.82 Å². The fraction of sp³-hybridized carbons (Fsp3) is 0.500. The van der Waals surface area contributed by atoms with E-state index in [-0.39, 0.29) is 24.6 Å². The van der Waals surface area contributed by atoms with E-state index >= 15 is 0 Å². The Bertz CT molecular complexity index is 433. The van der Waals surface area contributed by atoms with Crippen LogP contribution in [0.2, 0.25) is 0 Å². The first-order chi connectivity index (χ1) is 8.70. The number of nitrogens with one attached hydrogen (secondary N) is 1. The number of benzene rings is 1. The molecule has 1 saturated heterocycles. The van der Waals surface area contributed by atoms with Crippen LogP contribution in [0.4, 0.5) is 4.39 Å². The minimum atomic E-state index is -0.406. The maximum absolute atomic E-state index is 13.6. The van der Waals surface area contributed by atoms with Crippen LogP contribution in [0, 0.1) is 5.82 Å². The molecule has 1 aliphatic rings. The third-order valence-electron chi connectivity index (χ3n) is 3.44. The van der Waals surface area contributed by atoms with Crippen LogP contribution >= 0.6 is 12.4 Å². The molecule has 3 nitrogen and oxygen atoms in total. The van der Waals surface area contributed by atoms with Gasteiger partial charge in [-0.15, -0.1) is 12.4 Å². The number of carbonyl (C=O) groups excluding carboxylic acids is 1. The van der Waals surface area contributed by atoms with Crippen molar-refractivity contribution in [1.82, 2.24) is 5.32 Å². The van der Waals surface area contributed by atoms with Gasteiger partial charge >= 0.3 is 5.97 Å². The normalized spacial score (nSPS) is 15.7. The van der Waals surface area contributed by atoms with E-state index in [9.17, 15) is 9.18 Å². The first-order valence-corrected chi connectivity index (χ1v) is 6.26. The number of hydrogen-bond acceptors (Lipinski definition) is 3. The Morgan fingerprint density at radius 3 is 2.74 bits per heavy atom. The molecule has 1 aromatic carbocycles. The molecule has 5 heteroatoms. The third-order valence-corrected chi connectivity index (χ3v) is 3.44. The smallest absolute Gasteiger partial charge is 0.310 e. The zero-order valence-electron chi connectivity index (χ0n) is 10.9. The highest BCUT2D eigenvalue weighted by Gasteiger charge is 2.17. The number of carbonyl (C=O) groups is 1. The molecular weight excluding hydrogens is 269 g/mol. The summed E-state index contributed by atoms with van der Waals surface area (Å²) in [4.78, 5) is 11.2. The Labute approximate surface area is 118 Å². The molecule has 1 aromatic rings. The van der Waals surface area contributed by atoms with Crippen molar-refractivity contribution >= 4 is 18.4 Å². The Balaban J connectivity index is 0.00000180. The second-order valence-corrected chi connectivity index (χ2v) is 4.63. The highest BCUT2D eigenvalue weighted by molar-refractivity contribution is 5.85. The maximum Gasteiger partial charge on any atom is 0.310 e. The molecule has 1 N–H and O–H groups in total. The topological polar surface area (TPSA) is 38.3 Å². The van der Waals surface area contributed by atoms with Gasteiger partial charge in [0.05, 0.1) is 13.5 Å². The van der Waals surface area contributed by atoms with Gasteiger partial charge in [0.15, 0.2) is 0 Å². The van der Waals surface area contributed by atoms with E-state index in [2.05, 4.69) is 10.1 Å². The quantitative estimate of drug-likeness (QED) is 0.868. The maximum atomic E-state index is 13.6. The monoisotopic (exact) mass is 287 g/mol. The van der Waals surface area contributed by atoms with Gasteiger partial charge in [0.2, 0.25) is 0 Å². The van der Waals surface area contributed by atoms with Crippen molar-refractivity contribution in [3.63, 3.8) is 0 Å². The summed E-state index contributed by atoms with van der Waals surface area (Å²) < 4.78 is 18.2. The molecule has 1 aliphatic heterocycles. The van der Waals surface area contributed by atoms with Crippen molar-refractivity contribution in [3.05, 3.63) is 35.1 Å². The lowest BCUT2D eigenvalue weighted by molar-refractivity contribution is -0.139. The molecule has 1 heterocycles. The molecule has 0 unspecified atom stereocenters. The largest absolute Gasteiger partial charge is 0.469 e. The van der Waals surface area contributed by atoms with E-state index in [0.717, 1.165) is 31.5 Å². The second-order valence-electron chi connectivity index (χ2n) is 4.63. The zero-order chi connectivity index (χ0) is 13.0. The van der Waals surface area contributed by atoms with Crippen LogP contribution in [0.3, 0.4) is 0 Å². The van der Waals surface area contributed by atoms with E-state index < -0.39 is 5.97 Å². The molecule has 2 rings (SSSR count). The number of piperidine rings is 1. The Kier molecular flexibility index (Phi) is 6.25. The van der Waals surface area contributed by atoms with Gasteiger partial charge in [-0.25, -0.2) is 4.39 Å². The molecule has 1 fully saturated rings. The lowest BCUT2D eigenvalue weighted by atomic mass is 9.89. The summed E-state index contributed by atoms with van der Waals surface area (Å²) in [5.41, 5.74) is 1.55. The Morgan fingerprint density at radius 1 is 1.42 bits per heavy atom. The standard InChI is InChI=1S/C14H18FNO2.ClH/c1-18-14(17)9-12-8-11(2-3-13(12)15)10-4-6-16-7-5-10;/h2-3,8,10,16H,4-7,9H2,1H3;1H. The van der Waals surface area contributed by atoms with E-state index in [1.165, 1.54) is 13.2 Å². The van der Waals surface area contributed by atoms with Gasteiger partial charge in [-0.05, 0) is 49.0 Å². The molecular formula is C14H19ClFNO2. The van der Waals surface area contributed by atoms with Crippen LogP contribution in [0.25, 0.3) is 0 Å². The summed E-state index contributed by atoms with van der Waals surface area (Å²) >= 11 is 0. The lowest BCUT2D eigenvalue weighted by Gasteiger charge is -2.23. The molecule has 0 bridgehead atoms.